The smallest absolute Gasteiger partial charge is 0.254 e. The Morgan fingerprint density at radius 2 is 1.79 bits per heavy atom. The van der Waals surface area contributed by atoms with Gasteiger partial charge in [0.1, 0.15) is 5.82 Å². The molecule has 0 saturated carbocycles. The molecule has 0 radical (unpaired) electrons. The van der Waals surface area contributed by atoms with Crippen LogP contribution in [0.3, 0.4) is 0 Å². The third-order valence-electron chi connectivity index (χ3n) is 3.53. The van der Waals surface area contributed by atoms with Crippen LogP contribution in [0.1, 0.15) is 36.2 Å². The fraction of sp³-hybridized carbons (Fsp3) is 0.389. The van der Waals surface area contributed by atoms with E-state index in [2.05, 4.69) is 34.4 Å². The molecule has 1 aromatic carbocycles. The fourth-order valence-electron chi connectivity index (χ4n) is 2.08. The van der Waals surface area contributed by atoms with Crippen LogP contribution < -0.4 is 10.6 Å². The van der Waals surface area contributed by atoms with Gasteiger partial charge in [0, 0.05) is 25.5 Å². The fourth-order valence-corrected chi connectivity index (χ4v) is 2.08. The summed E-state index contributed by atoms with van der Waals surface area (Å²) in [4.78, 5) is 20.2. The third-order valence-corrected chi connectivity index (χ3v) is 3.53. The zero-order valence-corrected chi connectivity index (χ0v) is 14.1. The summed E-state index contributed by atoms with van der Waals surface area (Å²) in [6, 6.07) is 6.39. The van der Waals surface area contributed by atoms with Crippen LogP contribution in [0.4, 0.5) is 10.3 Å². The summed E-state index contributed by atoms with van der Waals surface area (Å²) in [5, 5.41) is 5.93. The zero-order chi connectivity index (χ0) is 17.4. The van der Waals surface area contributed by atoms with E-state index >= 15 is 0 Å². The van der Waals surface area contributed by atoms with Crippen LogP contribution >= 0.6 is 0 Å². The van der Waals surface area contributed by atoms with Gasteiger partial charge in [0.15, 0.2) is 0 Å². The molecule has 128 valence electrons. The number of aromatic nitrogens is 2. The van der Waals surface area contributed by atoms with Crippen molar-refractivity contribution < 1.29 is 9.18 Å². The number of rotatable bonds is 8. The van der Waals surface area contributed by atoms with Crippen molar-refractivity contribution in [1.29, 1.82) is 0 Å². The largest absolute Gasteiger partial charge is 0.354 e. The highest BCUT2D eigenvalue weighted by Gasteiger charge is 2.07. The van der Waals surface area contributed by atoms with E-state index in [0.717, 1.165) is 18.4 Å². The number of carbonyl (C=O) groups excluding carboxylic acids is 1. The Labute approximate surface area is 141 Å². The first-order valence-corrected chi connectivity index (χ1v) is 8.13. The molecular weight excluding hydrogens is 307 g/mol. The molecular formula is C18H23FN4O. The molecule has 0 bridgehead atoms. The third kappa shape index (κ3) is 5.95. The molecule has 2 rings (SSSR count). The Morgan fingerprint density at radius 3 is 2.42 bits per heavy atom. The first-order valence-electron chi connectivity index (χ1n) is 8.13. The summed E-state index contributed by atoms with van der Waals surface area (Å²) in [5.74, 6) is 0.621. The van der Waals surface area contributed by atoms with Crippen LogP contribution in [0.2, 0.25) is 0 Å². The summed E-state index contributed by atoms with van der Waals surface area (Å²) in [5.41, 5.74) is 1.48. The Balaban J connectivity index is 1.77. The lowest BCUT2D eigenvalue weighted by molar-refractivity contribution is 0.0951. The number of nitrogens with zero attached hydrogens (tertiary/aromatic N) is 2. The average molecular weight is 330 g/mol. The lowest BCUT2D eigenvalue weighted by Crippen LogP contribution is -2.25. The number of benzene rings is 1. The molecule has 0 fully saturated rings. The van der Waals surface area contributed by atoms with Gasteiger partial charge in [-0.2, -0.15) is 0 Å². The molecule has 0 unspecified atom stereocenters. The van der Waals surface area contributed by atoms with E-state index in [1.807, 2.05) is 0 Å². The monoisotopic (exact) mass is 330 g/mol. The van der Waals surface area contributed by atoms with E-state index in [4.69, 9.17) is 0 Å². The maximum Gasteiger partial charge on any atom is 0.254 e. The Kier molecular flexibility index (Phi) is 6.66. The van der Waals surface area contributed by atoms with Gasteiger partial charge in [-0.25, -0.2) is 14.4 Å². The van der Waals surface area contributed by atoms with Crippen LogP contribution in [0.5, 0.6) is 0 Å². The maximum atomic E-state index is 12.8. The highest BCUT2D eigenvalue weighted by atomic mass is 19.1. The number of hydrogen-bond donors (Lipinski definition) is 2. The summed E-state index contributed by atoms with van der Waals surface area (Å²) in [7, 11) is 0. The molecule has 0 spiro atoms. The SMILES string of the molecule is CC(C)CCNC(=O)c1cnc(NCCc2ccc(F)cc2)nc1. The molecule has 0 aliphatic heterocycles. The maximum absolute atomic E-state index is 12.8. The van der Waals surface area contributed by atoms with Crippen LogP contribution in [0, 0.1) is 11.7 Å². The average Bonchev–Trinajstić information content (AvgIpc) is 2.57. The van der Waals surface area contributed by atoms with E-state index in [-0.39, 0.29) is 11.7 Å². The topological polar surface area (TPSA) is 66.9 Å². The summed E-state index contributed by atoms with van der Waals surface area (Å²) < 4.78 is 12.8. The molecule has 2 N–H and O–H groups in total. The predicted molar refractivity (Wildman–Crippen MR) is 92.4 cm³/mol. The molecule has 6 heteroatoms. The standard InChI is InChI=1S/C18H23FN4O/c1-13(2)7-9-20-17(24)15-11-22-18(23-12-15)21-10-8-14-3-5-16(19)6-4-14/h3-6,11-13H,7-10H2,1-2H3,(H,20,24)(H,21,22,23). The number of hydrogen-bond acceptors (Lipinski definition) is 4. The van der Waals surface area contributed by atoms with Crippen molar-refractivity contribution in [2.75, 3.05) is 18.4 Å². The zero-order valence-electron chi connectivity index (χ0n) is 14.1. The van der Waals surface area contributed by atoms with Crippen molar-refractivity contribution in [2.45, 2.75) is 26.7 Å². The van der Waals surface area contributed by atoms with Crippen molar-refractivity contribution in [3.05, 3.63) is 53.6 Å². The van der Waals surface area contributed by atoms with Gasteiger partial charge in [0.25, 0.3) is 5.91 Å². The van der Waals surface area contributed by atoms with E-state index < -0.39 is 0 Å². The Bertz CT molecular complexity index is 641. The van der Waals surface area contributed by atoms with Crippen molar-refractivity contribution in [1.82, 2.24) is 15.3 Å². The van der Waals surface area contributed by atoms with Crippen molar-refractivity contribution in [3.63, 3.8) is 0 Å². The number of anilines is 1. The van der Waals surface area contributed by atoms with Gasteiger partial charge < -0.3 is 10.6 Å². The lowest BCUT2D eigenvalue weighted by atomic mass is 10.1. The molecule has 1 aromatic heterocycles. The van der Waals surface area contributed by atoms with Crippen LogP contribution in [0.25, 0.3) is 0 Å². The molecule has 24 heavy (non-hydrogen) atoms. The van der Waals surface area contributed by atoms with Gasteiger partial charge in [0.2, 0.25) is 5.95 Å². The van der Waals surface area contributed by atoms with Gasteiger partial charge in [-0.3, -0.25) is 4.79 Å². The van der Waals surface area contributed by atoms with E-state index in [1.54, 1.807) is 12.1 Å². The van der Waals surface area contributed by atoms with Crippen molar-refractivity contribution in [2.24, 2.45) is 5.92 Å². The Morgan fingerprint density at radius 1 is 1.12 bits per heavy atom. The van der Waals surface area contributed by atoms with Gasteiger partial charge in [0.05, 0.1) is 5.56 Å². The van der Waals surface area contributed by atoms with Crippen molar-refractivity contribution >= 4 is 11.9 Å². The second-order valence-corrected chi connectivity index (χ2v) is 6.04. The molecule has 0 atom stereocenters. The summed E-state index contributed by atoms with van der Waals surface area (Å²) in [6.07, 6.45) is 4.70. The van der Waals surface area contributed by atoms with E-state index in [9.17, 15) is 9.18 Å². The van der Waals surface area contributed by atoms with Crippen LogP contribution in [-0.4, -0.2) is 29.0 Å². The predicted octanol–water partition coefficient (Wildman–Crippen LogP) is 3.05. The van der Waals surface area contributed by atoms with E-state index in [1.165, 1.54) is 24.5 Å². The number of carbonyl (C=O) groups is 1. The normalized spacial score (nSPS) is 10.7. The first-order chi connectivity index (χ1) is 11.5. The number of amides is 1. The van der Waals surface area contributed by atoms with Crippen molar-refractivity contribution in [3.8, 4) is 0 Å². The van der Waals surface area contributed by atoms with Gasteiger partial charge >= 0.3 is 0 Å². The quantitative estimate of drug-likeness (QED) is 0.781. The summed E-state index contributed by atoms with van der Waals surface area (Å²) in [6.45, 7) is 5.50. The molecule has 1 heterocycles. The molecule has 2 aromatic rings. The van der Waals surface area contributed by atoms with Gasteiger partial charge in [-0.15, -0.1) is 0 Å². The minimum Gasteiger partial charge on any atom is -0.354 e. The minimum atomic E-state index is -0.239. The number of halogens is 1. The second-order valence-electron chi connectivity index (χ2n) is 6.04. The lowest BCUT2D eigenvalue weighted by Gasteiger charge is -2.08. The molecule has 0 aliphatic rings. The number of nitrogens with one attached hydrogen (secondary N) is 2. The van der Waals surface area contributed by atoms with E-state index in [0.29, 0.717) is 30.5 Å². The minimum absolute atomic E-state index is 0.159. The van der Waals surface area contributed by atoms with Crippen LogP contribution in [-0.2, 0) is 6.42 Å². The highest BCUT2D eigenvalue weighted by molar-refractivity contribution is 5.93. The Hall–Kier alpha value is -2.50. The van der Waals surface area contributed by atoms with Crippen LogP contribution in [0.15, 0.2) is 36.7 Å². The molecule has 0 aliphatic carbocycles. The first kappa shape index (κ1) is 17.8. The highest BCUT2D eigenvalue weighted by Crippen LogP contribution is 2.05. The van der Waals surface area contributed by atoms with Gasteiger partial charge in [-0.1, -0.05) is 26.0 Å². The molecule has 0 saturated heterocycles. The second kappa shape index (κ2) is 8.96. The molecule has 1 amide bonds. The van der Waals surface area contributed by atoms with Gasteiger partial charge in [-0.05, 0) is 36.5 Å². The molecule has 5 nitrogen and oxygen atoms in total. The summed E-state index contributed by atoms with van der Waals surface area (Å²) >= 11 is 0.